The Morgan fingerprint density at radius 1 is 0.975 bits per heavy atom. The van der Waals surface area contributed by atoms with Crippen molar-refractivity contribution in [1.29, 1.82) is 0 Å². The Labute approximate surface area is 228 Å². The standard InChI is InChI=1S/C31H24F3N3O3/c1-19(2)40-24-8-6-23(7-9-24)37-28-12-4-21(27-11-5-22(18-36-27)31(32,33)34)17-26(28)25(29(37)30(38)39)10-3-20-13-15-35-16-14-20/h3-19H,1-2H3,(H,38,39)/b10-3+. The van der Waals surface area contributed by atoms with Gasteiger partial charge in [-0.1, -0.05) is 18.2 Å². The second-order valence-corrected chi connectivity index (χ2v) is 9.34. The van der Waals surface area contributed by atoms with E-state index in [1.165, 1.54) is 6.07 Å². The molecule has 0 bridgehead atoms. The number of halogens is 3. The number of nitrogens with zero attached hydrogens (tertiary/aromatic N) is 3. The minimum absolute atomic E-state index is 0.0185. The van der Waals surface area contributed by atoms with E-state index in [1.807, 2.05) is 13.8 Å². The molecule has 202 valence electrons. The first-order valence-electron chi connectivity index (χ1n) is 12.4. The summed E-state index contributed by atoms with van der Waals surface area (Å²) in [5.41, 5.74) is 2.56. The molecule has 2 aromatic carbocycles. The molecule has 40 heavy (non-hydrogen) atoms. The largest absolute Gasteiger partial charge is 0.491 e. The van der Waals surface area contributed by atoms with E-state index in [0.29, 0.717) is 39.2 Å². The summed E-state index contributed by atoms with van der Waals surface area (Å²) in [6, 6.07) is 18.2. The molecule has 0 spiro atoms. The van der Waals surface area contributed by atoms with Crippen molar-refractivity contribution in [2.45, 2.75) is 26.1 Å². The van der Waals surface area contributed by atoms with Crippen LogP contribution in [0.5, 0.6) is 5.75 Å². The molecule has 1 N–H and O–H groups in total. The van der Waals surface area contributed by atoms with Gasteiger partial charge in [0, 0.05) is 40.8 Å². The molecule has 0 aliphatic carbocycles. The first-order chi connectivity index (χ1) is 19.1. The zero-order chi connectivity index (χ0) is 28.4. The Bertz CT molecular complexity index is 1690. The van der Waals surface area contributed by atoms with Gasteiger partial charge in [0.05, 0.1) is 22.9 Å². The first-order valence-corrected chi connectivity index (χ1v) is 12.4. The Kier molecular flexibility index (Phi) is 7.13. The molecular formula is C31H24F3N3O3. The van der Waals surface area contributed by atoms with Gasteiger partial charge in [-0.05, 0) is 80.1 Å². The van der Waals surface area contributed by atoms with Gasteiger partial charge in [0.2, 0.25) is 0 Å². The molecule has 0 aliphatic heterocycles. The highest BCUT2D eigenvalue weighted by Crippen LogP contribution is 2.35. The van der Waals surface area contributed by atoms with Gasteiger partial charge in [-0.3, -0.25) is 9.97 Å². The zero-order valence-electron chi connectivity index (χ0n) is 21.6. The average Bonchev–Trinajstić information content (AvgIpc) is 3.26. The van der Waals surface area contributed by atoms with Crippen LogP contribution in [0.15, 0.2) is 85.3 Å². The number of hydrogen-bond acceptors (Lipinski definition) is 4. The van der Waals surface area contributed by atoms with Crippen LogP contribution in [-0.4, -0.2) is 31.7 Å². The second kappa shape index (κ2) is 10.7. The summed E-state index contributed by atoms with van der Waals surface area (Å²) < 4.78 is 46.6. The number of rotatable bonds is 7. The van der Waals surface area contributed by atoms with E-state index in [9.17, 15) is 23.1 Å². The quantitative estimate of drug-likeness (QED) is 0.227. The topological polar surface area (TPSA) is 77.2 Å². The highest BCUT2D eigenvalue weighted by Gasteiger charge is 2.30. The number of pyridine rings is 2. The molecule has 5 aromatic rings. The van der Waals surface area contributed by atoms with E-state index < -0.39 is 17.7 Å². The van der Waals surface area contributed by atoms with E-state index in [0.717, 1.165) is 17.8 Å². The van der Waals surface area contributed by atoms with Crippen LogP contribution in [0.3, 0.4) is 0 Å². The van der Waals surface area contributed by atoms with E-state index in [4.69, 9.17) is 4.74 Å². The van der Waals surface area contributed by atoms with Crippen molar-refractivity contribution >= 4 is 29.0 Å². The van der Waals surface area contributed by atoms with Crippen molar-refractivity contribution in [2.24, 2.45) is 0 Å². The molecule has 3 aromatic heterocycles. The second-order valence-electron chi connectivity index (χ2n) is 9.34. The Hall–Kier alpha value is -4.92. The van der Waals surface area contributed by atoms with Crippen LogP contribution in [0.2, 0.25) is 0 Å². The van der Waals surface area contributed by atoms with Crippen LogP contribution < -0.4 is 4.74 Å². The van der Waals surface area contributed by atoms with Crippen LogP contribution in [0.25, 0.3) is 40.0 Å². The Balaban J connectivity index is 1.70. The first kappa shape index (κ1) is 26.7. The molecule has 5 rings (SSSR count). The van der Waals surface area contributed by atoms with Gasteiger partial charge >= 0.3 is 12.1 Å². The highest BCUT2D eigenvalue weighted by molar-refractivity contribution is 6.06. The third-order valence-corrected chi connectivity index (χ3v) is 6.21. The molecule has 0 amide bonds. The molecule has 0 fully saturated rings. The van der Waals surface area contributed by atoms with Gasteiger partial charge < -0.3 is 14.4 Å². The third-order valence-electron chi connectivity index (χ3n) is 6.21. The lowest BCUT2D eigenvalue weighted by Crippen LogP contribution is -2.08. The fourth-order valence-corrected chi connectivity index (χ4v) is 4.45. The maximum atomic E-state index is 13.1. The summed E-state index contributed by atoms with van der Waals surface area (Å²) in [5.74, 6) is -0.483. The summed E-state index contributed by atoms with van der Waals surface area (Å²) in [6.45, 7) is 3.83. The Morgan fingerprint density at radius 2 is 1.70 bits per heavy atom. The van der Waals surface area contributed by atoms with Crippen LogP contribution in [-0.2, 0) is 6.18 Å². The van der Waals surface area contributed by atoms with Crippen molar-refractivity contribution in [3.63, 3.8) is 0 Å². The fraction of sp³-hybridized carbons (Fsp3) is 0.129. The van der Waals surface area contributed by atoms with E-state index in [1.54, 1.807) is 83.7 Å². The number of carboxylic acid groups (broad SMARTS) is 1. The predicted molar refractivity (Wildman–Crippen MR) is 147 cm³/mol. The molecule has 0 unspecified atom stereocenters. The van der Waals surface area contributed by atoms with Crippen LogP contribution in [0, 0.1) is 0 Å². The Morgan fingerprint density at radius 3 is 2.30 bits per heavy atom. The lowest BCUT2D eigenvalue weighted by Gasteiger charge is -2.12. The molecule has 0 saturated carbocycles. The molecule has 0 saturated heterocycles. The summed E-state index contributed by atoms with van der Waals surface area (Å²) in [6.07, 6.45) is 3.05. The smallest absolute Gasteiger partial charge is 0.417 e. The lowest BCUT2D eigenvalue weighted by molar-refractivity contribution is -0.137. The summed E-state index contributed by atoms with van der Waals surface area (Å²) in [7, 11) is 0. The van der Waals surface area contributed by atoms with Crippen LogP contribution >= 0.6 is 0 Å². The molecule has 9 heteroatoms. The predicted octanol–water partition coefficient (Wildman–Crippen LogP) is 7.76. The van der Waals surface area contributed by atoms with Gasteiger partial charge in [0.1, 0.15) is 11.4 Å². The number of aromatic carboxylic acids is 1. The number of carboxylic acids is 1. The molecule has 0 aliphatic rings. The van der Waals surface area contributed by atoms with E-state index in [-0.39, 0.29) is 11.8 Å². The molecule has 6 nitrogen and oxygen atoms in total. The number of alkyl halides is 3. The fourth-order valence-electron chi connectivity index (χ4n) is 4.45. The number of hydrogen-bond donors (Lipinski definition) is 1. The van der Waals surface area contributed by atoms with Crippen molar-refractivity contribution < 1.29 is 27.8 Å². The number of carbonyl (C=O) groups is 1. The van der Waals surface area contributed by atoms with E-state index >= 15 is 0 Å². The molecule has 0 radical (unpaired) electrons. The minimum atomic E-state index is -4.50. The van der Waals surface area contributed by atoms with Gasteiger partial charge in [0.25, 0.3) is 0 Å². The van der Waals surface area contributed by atoms with Crippen molar-refractivity contribution in [3.05, 3.63) is 108 Å². The summed E-state index contributed by atoms with van der Waals surface area (Å²) in [5, 5.41) is 11.0. The van der Waals surface area contributed by atoms with Gasteiger partial charge in [0.15, 0.2) is 0 Å². The van der Waals surface area contributed by atoms with Crippen molar-refractivity contribution in [2.75, 3.05) is 0 Å². The maximum absolute atomic E-state index is 13.1. The van der Waals surface area contributed by atoms with Crippen molar-refractivity contribution in [1.82, 2.24) is 14.5 Å². The van der Waals surface area contributed by atoms with Crippen LogP contribution in [0.4, 0.5) is 13.2 Å². The van der Waals surface area contributed by atoms with E-state index in [2.05, 4.69) is 9.97 Å². The number of ether oxygens (including phenoxy) is 1. The zero-order valence-corrected chi connectivity index (χ0v) is 21.6. The third kappa shape index (κ3) is 5.44. The molecule has 0 atom stereocenters. The van der Waals surface area contributed by atoms with Gasteiger partial charge in [-0.2, -0.15) is 13.2 Å². The summed E-state index contributed by atoms with van der Waals surface area (Å²) >= 11 is 0. The number of fused-ring (bicyclic) bond motifs is 1. The SMILES string of the molecule is CC(C)Oc1ccc(-n2c(C(=O)O)c(/C=C/c3ccncc3)c3cc(-c4ccc(C(F)(F)F)cn4)ccc32)cc1. The monoisotopic (exact) mass is 543 g/mol. The minimum Gasteiger partial charge on any atom is -0.491 e. The number of benzene rings is 2. The molecular weight excluding hydrogens is 519 g/mol. The lowest BCUT2D eigenvalue weighted by atomic mass is 10.0. The normalized spacial score (nSPS) is 11.9. The van der Waals surface area contributed by atoms with Gasteiger partial charge in [-0.15, -0.1) is 0 Å². The van der Waals surface area contributed by atoms with Crippen molar-refractivity contribution in [3.8, 4) is 22.7 Å². The summed E-state index contributed by atoms with van der Waals surface area (Å²) in [4.78, 5) is 20.7. The van der Waals surface area contributed by atoms with Gasteiger partial charge in [-0.25, -0.2) is 4.79 Å². The number of aromatic nitrogens is 3. The highest BCUT2D eigenvalue weighted by atomic mass is 19.4. The maximum Gasteiger partial charge on any atom is 0.417 e. The van der Waals surface area contributed by atoms with Crippen LogP contribution in [0.1, 0.15) is 41.0 Å². The molecule has 3 heterocycles. The average molecular weight is 544 g/mol.